The summed E-state index contributed by atoms with van der Waals surface area (Å²) in [5.74, 6) is -1.12. The zero-order valence-corrected chi connectivity index (χ0v) is 11.2. The highest BCUT2D eigenvalue weighted by Gasteiger charge is 2.12. The maximum absolute atomic E-state index is 13.1. The van der Waals surface area contributed by atoms with Crippen LogP contribution in [-0.4, -0.2) is 18.2 Å². The molecule has 0 fully saturated rings. The zero-order valence-electron chi connectivity index (χ0n) is 10.5. The first-order valence-electron chi connectivity index (χ1n) is 5.64. The molecule has 2 N–H and O–H groups in total. The first-order chi connectivity index (χ1) is 9.51. The van der Waals surface area contributed by atoms with Crippen LogP contribution in [0.5, 0.6) is 5.75 Å². The van der Waals surface area contributed by atoms with Crippen LogP contribution in [-0.2, 0) is 0 Å². The van der Waals surface area contributed by atoms with E-state index in [9.17, 15) is 9.18 Å². The van der Waals surface area contributed by atoms with Crippen molar-refractivity contribution in [3.05, 3.63) is 52.8 Å². The molecule has 0 bridgehead atoms. The van der Waals surface area contributed by atoms with E-state index in [0.29, 0.717) is 17.1 Å². The average Bonchev–Trinajstić information content (AvgIpc) is 2.42. The van der Waals surface area contributed by atoms with E-state index in [4.69, 9.17) is 21.4 Å². The Balaban J connectivity index is 2.40. The van der Waals surface area contributed by atoms with Crippen LogP contribution in [0.4, 0.5) is 15.8 Å². The van der Waals surface area contributed by atoms with Crippen molar-refractivity contribution >= 4 is 28.9 Å². The fourth-order valence-electron chi connectivity index (χ4n) is 1.67. The molecule has 0 aliphatic carbocycles. The molecule has 0 saturated carbocycles. The van der Waals surface area contributed by atoms with Crippen molar-refractivity contribution in [3.8, 4) is 5.75 Å². The Hall–Kier alpha value is -2.27. The van der Waals surface area contributed by atoms with Gasteiger partial charge >= 0.3 is 5.97 Å². The van der Waals surface area contributed by atoms with Crippen LogP contribution in [0.2, 0.25) is 5.02 Å². The summed E-state index contributed by atoms with van der Waals surface area (Å²) in [6.07, 6.45) is 0. The molecule has 0 saturated heterocycles. The van der Waals surface area contributed by atoms with Gasteiger partial charge in [0.2, 0.25) is 0 Å². The number of carboxylic acids is 1. The van der Waals surface area contributed by atoms with Crippen LogP contribution in [0.15, 0.2) is 36.4 Å². The lowest BCUT2D eigenvalue weighted by Gasteiger charge is -2.11. The molecule has 20 heavy (non-hydrogen) atoms. The average molecular weight is 296 g/mol. The summed E-state index contributed by atoms with van der Waals surface area (Å²) < 4.78 is 18.1. The van der Waals surface area contributed by atoms with Gasteiger partial charge in [0.25, 0.3) is 0 Å². The molecule has 6 heteroatoms. The molecule has 2 rings (SSSR count). The molecule has 0 heterocycles. The minimum atomic E-state index is -1.08. The minimum absolute atomic E-state index is 0.0465. The number of rotatable bonds is 4. The van der Waals surface area contributed by atoms with Gasteiger partial charge in [0.1, 0.15) is 11.6 Å². The maximum Gasteiger partial charge on any atom is 0.337 e. The van der Waals surface area contributed by atoms with Gasteiger partial charge in [0.15, 0.2) is 0 Å². The van der Waals surface area contributed by atoms with Crippen molar-refractivity contribution in [3.63, 3.8) is 0 Å². The number of hydrogen-bond donors (Lipinski definition) is 2. The quantitative estimate of drug-likeness (QED) is 0.897. The number of nitrogens with one attached hydrogen (secondary N) is 1. The summed E-state index contributed by atoms with van der Waals surface area (Å²) in [7, 11) is 1.48. The molecule has 0 aliphatic heterocycles. The number of benzene rings is 2. The van der Waals surface area contributed by atoms with E-state index in [-0.39, 0.29) is 10.6 Å². The van der Waals surface area contributed by atoms with E-state index in [2.05, 4.69) is 5.32 Å². The highest BCUT2D eigenvalue weighted by molar-refractivity contribution is 6.31. The Morgan fingerprint density at radius 1 is 1.30 bits per heavy atom. The number of aromatic carboxylic acids is 1. The third-order valence-corrected chi connectivity index (χ3v) is 2.95. The molecule has 0 aliphatic rings. The lowest BCUT2D eigenvalue weighted by atomic mass is 10.1. The number of ether oxygens (including phenoxy) is 1. The molecule has 0 aromatic heterocycles. The minimum Gasteiger partial charge on any atom is -0.497 e. The van der Waals surface area contributed by atoms with Crippen molar-refractivity contribution in [2.24, 2.45) is 0 Å². The standard InChI is InChI=1S/C14H11ClFNO3/c1-20-9-3-4-10(14(18)19)13(7-9)17-8-2-5-12(16)11(15)6-8/h2-7,17H,1H3,(H,18,19). The monoisotopic (exact) mass is 295 g/mol. The molecule has 0 spiro atoms. The first-order valence-corrected chi connectivity index (χ1v) is 6.02. The number of carboxylic acid groups (broad SMARTS) is 1. The molecular weight excluding hydrogens is 285 g/mol. The normalized spacial score (nSPS) is 10.2. The molecule has 0 atom stereocenters. The third-order valence-electron chi connectivity index (χ3n) is 2.66. The number of hydrogen-bond acceptors (Lipinski definition) is 3. The van der Waals surface area contributed by atoms with Gasteiger partial charge < -0.3 is 15.2 Å². The summed E-state index contributed by atoms with van der Waals surface area (Å²) in [5.41, 5.74) is 0.887. The number of halogens is 2. The second kappa shape index (κ2) is 5.79. The lowest BCUT2D eigenvalue weighted by Crippen LogP contribution is -2.03. The van der Waals surface area contributed by atoms with Gasteiger partial charge in [-0.2, -0.15) is 0 Å². The Morgan fingerprint density at radius 3 is 2.65 bits per heavy atom. The lowest BCUT2D eigenvalue weighted by molar-refractivity contribution is 0.0698. The predicted octanol–water partition coefficient (Wildman–Crippen LogP) is 3.93. The second-order valence-electron chi connectivity index (χ2n) is 3.97. The Labute approximate surface area is 119 Å². The number of methoxy groups -OCH3 is 1. The van der Waals surface area contributed by atoms with E-state index in [0.717, 1.165) is 0 Å². The van der Waals surface area contributed by atoms with Gasteiger partial charge in [-0.05, 0) is 30.3 Å². The van der Waals surface area contributed by atoms with Gasteiger partial charge in [-0.25, -0.2) is 9.18 Å². The molecule has 0 unspecified atom stereocenters. The molecule has 0 radical (unpaired) electrons. The van der Waals surface area contributed by atoms with Crippen molar-refractivity contribution in [1.82, 2.24) is 0 Å². The second-order valence-corrected chi connectivity index (χ2v) is 4.38. The van der Waals surface area contributed by atoms with Crippen LogP contribution >= 0.6 is 11.6 Å². The van der Waals surface area contributed by atoms with Gasteiger partial charge in [-0.15, -0.1) is 0 Å². The molecular formula is C14H11ClFNO3. The summed E-state index contributed by atoms with van der Waals surface area (Å²) in [5, 5.41) is 12.0. The van der Waals surface area contributed by atoms with Crippen LogP contribution in [0.25, 0.3) is 0 Å². The van der Waals surface area contributed by atoms with E-state index in [1.165, 1.54) is 31.4 Å². The zero-order chi connectivity index (χ0) is 14.7. The fraction of sp³-hybridized carbons (Fsp3) is 0.0714. The largest absolute Gasteiger partial charge is 0.497 e. The SMILES string of the molecule is COc1ccc(C(=O)O)c(Nc2ccc(F)c(Cl)c2)c1. The van der Waals surface area contributed by atoms with Crippen LogP contribution in [0.3, 0.4) is 0 Å². The van der Waals surface area contributed by atoms with Gasteiger partial charge in [-0.3, -0.25) is 0 Å². The summed E-state index contributed by atoms with van der Waals surface area (Å²) >= 11 is 5.68. The number of carbonyl (C=O) groups is 1. The molecule has 2 aromatic rings. The summed E-state index contributed by atoms with van der Waals surface area (Å²) in [6.45, 7) is 0. The molecule has 4 nitrogen and oxygen atoms in total. The molecule has 0 amide bonds. The Kier molecular flexibility index (Phi) is 4.10. The molecule has 104 valence electrons. The van der Waals surface area contributed by atoms with E-state index in [1.54, 1.807) is 12.1 Å². The topological polar surface area (TPSA) is 58.6 Å². The van der Waals surface area contributed by atoms with Crippen molar-refractivity contribution in [1.29, 1.82) is 0 Å². The Bertz CT molecular complexity index is 661. The third kappa shape index (κ3) is 3.00. The van der Waals surface area contributed by atoms with Crippen molar-refractivity contribution in [2.45, 2.75) is 0 Å². The van der Waals surface area contributed by atoms with E-state index in [1.807, 2.05) is 0 Å². The van der Waals surface area contributed by atoms with Gasteiger partial charge in [0.05, 0.1) is 23.4 Å². The fourth-order valence-corrected chi connectivity index (χ4v) is 1.85. The highest BCUT2D eigenvalue weighted by Crippen LogP contribution is 2.28. The van der Waals surface area contributed by atoms with Crippen molar-refractivity contribution in [2.75, 3.05) is 12.4 Å². The first kappa shape index (κ1) is 14.1. The van der Waals surface area contributed by atoms with Gasteiger partial charge in [-0.1, -0.05) is 11.6 Å². The van der Waals surface area contributed by atoms with E-state index >= 15 is 0 Å². The highest BCUT2D eigenvalue weighted by atomic mass is 35.5. The van der Waals surface area contributed by atoms with Crippen molar-refractivity contribution < 1.29 is 19.0 Å². The van der Waals surface area contributed by atoms with Crippen LogP contribution in [0.1, 0.15) is 10.4 Å². The van der Waals surface area contributed by atoms with Crippen LogP contribution < -0.4 is 10.1 Å². The molecule has 2 aromatic carbocycles. The van der Waals surface area contributed by atoms with E-state index < -0.39 is 11.8 Å². The number of anilines is 2. The van der Waals surface area contributed by atoms with Gasteiger partial charge in [0, 0.05) is 11.8 Å². The van der Waals surface area contributed by atoms with Crippen LogP contribution in [0, 0.1) is 5.82 Å². The smallest absolute Gasteiger partial charge is 0.337 e. The Morgan fingerprint density at radius 2 is 2.05 bits per heavy atom. The predicted molar refractivity (Wildman–Crippen MR) is 74.6 cm³/mol. The summed E-state index contributed by atoms with van der Waals surface area (Å²) in [6, 6.07) is 8.56. The summed E-state index contributed by atoms with van der Waals surface area (Å²) in [4.78, 5) is 11.2. The maximum atomic E-state index is 13.1.